The van der Waals surface area contributed by atoms with Crippen LogP contribution in [-0.2, 0) is 35.8 Å². The van der Waals surface area contributed by atoms with Gasteiger partial charge in [-0.15, -0.1) is 87.5 Å². The molecule has 147 heavy (non-hydrogen) atoms. The summed E-state index contributed by atoms with van der Waals surface area (Å²) in [6, 6.07) is 24.9. The number of aromatic nitrogens is 25. The van der Waals surface area contributed by atoms with Gasteiger partial charge in [0.1, 0.15) is 35.0 Å². The lowest BCUT2D eigenvalue weighted by atomic mass is 9.91. The minimum absolute atomic E-state index is 0.00240. The third-order valence-electron chi connectivity index (χ3n) is 20.6. The van der Waals surface area contributed by atoms with Crippen molar-refractivity contribution in [2.45, 2.75) is 153 Å². The van der Waals surface area contributed by atoms with Gasteiger partial charge in [0, 0.05) is 130 Å². The smallest absolute Gasteiger partial charge is 0.491 e. The van der Waals surface area contributed by atoms with E-state index in [0.717, 1.165) is 131 Å². The third-order valence-corrected chi connectivity index (χ3v) is 20.6. The van der Waals surface area contributed by atoms with Crippen LogP contribution in [0, 0.1) is 17.5 Å². The Bertz CT molecular complexity index is 7750. The summed E-state index contributed by atoms with van der Waals surface area (Å²) in [4.78, 5) is 27.9. The fourth-order valence-electron chi connectivity index (χ4n) is 13.8. The first kappa shape index (κ1) is 105. The minimum atomic E-state index is -5.04. The zero-order valence-electron chi connectivity index (χ0n) is 75.7. The second-order valence-electron chi connectivity index (χ2n) is 33.0. The Morgan fingerprint density at radius 2 is 0.694 bits per heavy atom. The van der Waals surface area contributed by atoms with Crippen LogP contribution in [0.1, 0.15) is 121 Å². The van der Waals surface area contributed by atoms with Crippen LogP contribution in [0.2, 0.25) is 0 Å². The highest BCUT2D eigenvalue weighted by Crippen LogP contribution is 2.44. The SMILES string of the molecule is CC(C)Oc1ccc(-c2cn3c(C(C)(F)F)nnc3cn2)cc1.CC(F)(F)c1nnc2cnc(-c3ccc(C(F)(F)F)cc3F)cn12.CC(F)(F)c1nnc2cnc(-c3ccc(OC(F)(F)F)c(F)c3)cn12.CC(F)(F)c1nnc2cnc(-c3ccc(OC4CC(F)(F)C4)cc3)cn12.CC(F)(F)c1nnc2cnc(-c3cnc(OCC(F)(F)F)c(F)c3)cn12.FC(F)(F)Oc1ccc(-c2cn3c(C4CC4)nnc3cn2)cc1. The molecule has 0 atom stereocenters. The minimum Gasteiger partial charge on any atom is -0.491 e. The molecule has 18 aromatic rings. The van der Waals surface area contributed by atoms with Gasteiger partial charge in [0.05, 0.1) is 83.0 Å². The molecular formula is C90H66F27N25O5. The topological polar surface area (TPSA) is 318 Å². The Balaban J connectivity index is 0.000000132. The van der Waals surface area contributed by atoms with Crippen molar-refractivity contribution in [2.75, 3.05) is 6.61 Å². The Morgan fingerprint density at radius 1 is 0.347 bits per heavy atom. The first-order valence-electron chi connectivity index (χ1n) is 42.4. The Kier molecular flexibility index (Phi) is 28.8. The van der Waals surface area contributed by atoms with Crippen LogP contribution < -0.4 is 23.7 Å². The summed E-state index contributed by atoms with van der Waals surface area (Å²) < 4.78 is 380. The van der Waals surface area contributed by atoms with Crippen LogP contribution in [0.3, 0.4) is 0 Å². The standard InChI is InChI=1S/C17H14F4N4O.C16H16F2N4O.C15H11F3N4O.C14H9F6N5O.C14H8F6N4O.C14H8F6N4/c1-16(18,19)15-24-23-14-8-22-13(9-25(14)15)10-2-4-11(5-3-10)26-12-6-17(20,21)7-12;1-10(2)23-12-6-4-11(5-7-12)13-9-22-14(8-19-13)20-21-15(22)16(3,17)18;16-15(17,18)23-11-5-3-9(4-6-11)12-8-22-13(7-19-12)20-21-14(22)10-1-2-10;1-13(16,17)12-24-23-10-4-21-9(5-25(10)12)7-2-8(15)11(22-3-7)26-6-14(18,19)20;1-13(16,17)12-23-22-11-5-21-9(6-24(11)12)7-2-3-10(8(15)4-7)25-14(18,19)20;1-13(16,17)12-23-22-11-5-21-10(6-24(11)12)8-3-2-7(4-9(8)15)14(18,19)20/h2-5,8-9,12H,6-7H2,1H3;4-10H,1-3H3;3-8,10H,1-2H2;2-5H,6H2,1H3;2-6H,1H3;2-6H,1H3. The summed E-state index contributed by atoms with van der Waals surface area (Å²) in [6.45, 7) is 5.62. The molecule has 2 aliphatic carbocycles. The van der Waals surface area contributed by atoms with Gasteiger partial charge in [0.25, 0.3) is 11.8 Å². The van der Waals surface area contributed by atoms with Crippen molar-refractivity contribution in [3.05, 3.63) is 254 Å². The molecule has 57 heteroatoms. The number of ether oxygens (including phenoxy) is 5. The fourth-order valence-corrected chi connectivity index (χ4v) is 13.8. The van der Waals surface area contributed by atoms with Crippen LogP contribution in [0.4, 0.5) is 119 Å². The average Bonchev–Trinajstić information content (AvgIpc) is 1.45. The summed E-state index contributed by atoms with van der Waals surface area (Å²) >= 11 is 0. The van der Waals surface area contributed by atoms with Crippen LogP contribution in [0.5, 0.6) is 28.9 Å². The van der Waals surface area contributed by atoms with E-state index in [1.54, 1.807) is 30.5 Å². The van der Waals surface area contributed by atoms with Gasteiger partial charge in [-0.05, 0) is 142 Å². The van der Waals surface area contributed by atoms with Gasteiger partial charge in [0.15, 0.2) is 57.9 Å². The zero-order chi connectivity index (χ0) is 106. The van der Waals surface area contributed by atoms with Crippen LogP contribution in [0.15, 0.2) is 196 Å². The lowest BCUT2D eigenvalue weighted by molar-refractivity contribution is -0.276. The summed E-state index contributed by atoms with van der Waals surface area (Å²) in [5.74, 6) is -24.7. The normalized spacial score (nSPS) is 13.8. The quantitative estimate of drug-likeness (QED) is 0.0640. The predicted octanol–water partition coefficient (Wildman–Crippen LogP) is 22.7. The van der Waals surface area contributed by atoms with Gasteiger partial charge < -0.3 is 23.7 Å². The molecule has 0 bridgehead atoms. The first-order chi connectivity index (χ1) is 68.7. The van der Waals surface area contributed by atoms with Crippen LogP contribution in [0.25, 0.3) is 101 Å². The lowest BCUT2D eigenvalue weighted by Gasteiger charge is -2.34. The first-order valence-corrected chi connectivity index (χ1v) is 42.4. The molecule has 0 unspecified atom stereocenters. The lowest BCUT2D eigenvalue weighted by Crippen LogP contribution is -2.43. The van der Waals surface area contributed by atoms with Gasteiger partial charge in [-0.3, -0.25) is 56.3 Å². The number of alkyl halides is 24. The van der Waals surface area contributed by atoms with Gasteiger partial charge in [-0.25, -0.2) is 26.9 Å². The van der Waals surface area contributed by atoms with E-state index in [0.29, 0.717) is 78.4 Å². The molecule has 13 heterocycles. The maximum Gasteiger partial charge on any atom is 0.573 e. The van der Waals surface area contributed by atoms with Crippen molar-refractivity contribution in [1.29, 1.82) is 0 Å². The molecule has 0 saturated heterocycles. The van der Waals surface area contributed by atoms with Crippen LogP contribution in [-0.4, -0.2) is 166 Å². The highest BCUT2D eigenvalue weighted by Gasteiger charge is 2.47. The monoisotopic (exact) mass is 2090 g/mol. The molecule has 13 aromatic heterocycles. The van der Waals surface area contributed by atoms with Crippen molar-refractivity contribution < 1.29 is 142 Å². The van der Waals surface area contributed by atoms with Gasteiger partial charge >= 0.3 is 54.7 Å². The molecule has 0 N–H and O–H groups in total. The number of hydrogen-bond donors (Lipinski definition) is 0. The molecule has 2 aliphatic rings. The second-order valence-corrected chi connectivity index (χ2v) is 33.0. The maximum atomic E-state index is 14.0. The number of pyridine rings is 1. The molecule has 0 radical (unpaired) electrons. The van der Waals surface area contributed by atoms with E-state index >= 15 is 0 Å². The third kappa shape index (κ3) is 25.9. The summed E-state index contributed by atoms with van der Waals surface area (Å²) in [5.41, 5.74) is 3.68. The van der Waals surface area contributed by atoms with E-state index in [1.807, 2.05) is 48.7 Å². The van der Waals surface area contributed by atoms with Crippen molar-refractivity contribution in [3.63, 3.8) is 0 Å². The Morgan fingerprint density at radius 3 is 1.05 bits per heavy atom. The highest BCUT2D eigenvalue weighted by atomic mass is 19.4. The maximum absolute atomic E-state index is 14.0. The second kappa shape index (κ2) is 40.3. The molecule has 2 fully saturated rings. The molecule has 5 aromatic carbocycles. The van der Waals surface area contributed by atoms with Crippen molar-refractivity contribution in [2.24, 2.45) is 0 Å². The summed E-state index contributed by atoms with van der Waals surface area (Å²) in [6.07, 6.45) is -0.988. The number of fused-ring (bicyclic) bond motifs is 6. The molecule has 20 rings (SSSR count). The number of rotatable bonds is 20. The Hall–Kier alpha value is -16.3. The highest BCUT2D eigenvalue weighted by molar-refractivity contribution is 5.66. The number of hydrogen-bond acceptors (Lipinski definition) is 24. The predicted molar refractivity (Wildman–Crippen MR) is 459 cm³/mol. The van der Waals surface area contributed by atoms with E-state index in [2.05, 4.69) is 110 Å². The molecule has 0 spiro atoms. The summed E-state index contributed by atoms with van der Waals surface area (Å²) in [7, 11) is 0. The van der Waals surface area contributed by atoms with Crippen molar-refractivity contribution in [1.82, 2.24) is 122 Å². The number of halogens is 27. The van der Waals surface area contributed by atoms with E-state index in [1.165, 1.54) is 57.9 Å². The van der Waals surface area contributed by atoms with Gasteiger partial charge in [-0.2, -0.15) is 70.2 Å². The van der Waals surface area contributed by atoms with Gasteiger partial charge in [-0.1, -0.05) is 0 Å². The van der Waals surface area contributed by atoms with E-state index < -0.39 is 137 Å². The Labute approximate surface area is 805 Å². The fraction of sp³-hybridized carbons (Fsp3) is 0.278. The molecule has 2 saturated carbocycles. The molecule has 30 nitrogen and oxygen atoms in total. The number of nitrogens with zero attached hydrogens (tertiary/aromatic N) is 25. The van der Waals surface area contributed by atoms with E-state index in [9.17, 15) is 119 Å². The molecule has 0 amide bonds. The average molecular weight is 2090 g/mol. The van der Waals surface area contributed by atoms with Crippen LogP contribution >= 0.6 is 0 Å². The molecule has 770 valence electrons. The molecule has 0 aliphatic heterocycles. The molecular weight excluding hydrogens is 2020 g/mol. The van der Waals surface area contributed by atoms with E-state index in [-0.39, 0.29) is 86.7 Å². The largest absolute Gasteiger partial charge is 0.573 e. The summed E-state index contributed by atoms with van der Waals surface area (Å²) in [5, 5.41) is 43.4. The number of benzene rings is 5. The van der Waals surface area contributed by atoms with E-state index in [4.69, 9.17) is 9.47 Å². The van der Waals surface area contributed by atoms with Crippen molar-refractivity contribution in [3.8, 4) is 96.4 Å². The van der Waals surface area contributed by atoms with Crippen molar-refractivity contribution >= 4 is 33.9 Å². The zero-order valence-corrected chi connectivity index (χ0v) is 75.7. The van der Waals surface area contributed by atoms with Gasteiger partial charge in [0.2, 0.25) is 29.1 Å².